The fraction of sp³-hybridized carbons (Fsp3) is 0.714. The first-order valence-corrected chi connectivity index (χ1v) is 6.96. The Morgan fingerprint density at radius 1 is 1.44 bits per heavy atom. The Bertz CT molecular complexity index is 380. The second kappa shape index (κ2) is 6.25. The molecule has 2 atom stereocenters. The Morgan fingerprint density at radius 3 is 2.94 bits per heavy atom. The zero-order chi connectivity index (χ0) is 13.0. The molecule has 1 saturated heterocycles. The van der Waals surface area contributed by atoms with Gasteiger partial charge in [0.05, 0.1) is 11.4 Å². The number of hydrogen-bond acceptors (Lipinski definition) is 4. The second-order valence-corrected chi connectivity index (χ2v) is 5.15. The molecular formula is C14H24N4. The number of likely N-dealkylation sites (N-methyl/N-ethyl adjacent to an activating group) is 1. The van der Waals surface area contributed by atoms with E-state index in [4.69, 9.17) is 0 Å². The number of aryl methyl sites for hydroxylation is 1. The van der Waals surface area contributed by atoms with Gasteiger partial charge in [0.1, 0.15) is 0 Å². The summed E-state index contributed by atoms with van der Waals surface area (Å²) in [6.45, 7) is 9.99. The van der Waals surface area contributed by atoms with Gasteiger partial charge in [0.25, 0.3) is 0 Å². The number of likely N-dealkylation sites (tertiary alicyclic amines) is 1. The summed E-state index contributed by atoms with van der Waals surface area (Å²) in [6, 6.07) is 0.857. The smallest absolute Gasteiger partial charge is 0.0782 e. The van der Waals surface area contributed by atoms with Crippen molar-refractivity contribution in [2.75, 3.05) is 19.6 Å². The van der Waals surface area contributed by atoms with Crippen LogP contribution in [0.5, 0.6) is 0 Å². The molecular weight excluding hydrogens is 224 g/mol. The fourth-order valence-electron chi connectivity index (χ4n) is 2.75. The van der Waals surface area contributed by atoms with E-state index in [1.807, 2.05) is 6.92 Å². The minimum Gasteiger partial charge on any atom is -0.305 e. The van der Waals surface area contributed by atoms with E-state index in [9.17, 15) is 0 Å². The summed E-state index contributed by atoms with van der Waals surface area (Å²) in [5.74, 6) is 0. The highest BCUT2D eigenvalue weighted by atomic mass is 15.2. The maximum absolute atomic E-state index is 4.44. The highest BCUT2D eigenvalue weighted by molar-refractivity contribution is 5.12. The SMILES string of the molecule is CCN1CCCC(NC(C)c2nccnc2C)C1. The Kier molecular flexibility index (Phi) is 4.66. The van der Waals surface area contributed by atoms with Gasteiger partial charge in [0.15, 0.2) is 0 Å². The summed E-state index contributed by atoms with van der Waals surface area (Å²) in [4.78, 5) is 11.3. The molecule has 1 N–H and O–H groups in total. The third-order valence-corrected chi connectivity index (χ3v) is 3.77. The van der Waals surface area contributed by atoms with Crippen molar-refractivity contribution >= 4 is 0 Å². The zero-order valence-corrected chi connectivity index (χ0v) is 11.7. The van der Waals surface area contributed by atoms with E-state index in [0.29, 0.717) is 6.04 Å². The first kappa shape index (κ1) is 13.4. The van der Waals surface area contributed by atoms with Gasteiger partial charge < -0.3 is 10.2 Å². The van der Waals surface area contributed by atoms with Crippen molar-refractivity contribution < 1.29 is 0 Å². The molecule has 4 heteroatoms. The average molecular weight is 248 g/mol. The van der Waals surface area contributed by atoms with E-state index >= 15 is 0 Å². The van der Waals surface area contributed by atoms with Gasteiger partial charge in [-0.15, -0.1) is 0 Å². The van der Waals surface area contributed by atoms with E-state index in [2.05, 4.69) is 34.0 Å². The predicted octanol–water partition coefficient (Wildman–Crippen LogP) is 1.92. The summed E-state index contributed by atoms with van der Waals surface area (Å²) < 4.78 is 0. The second-order valence-electron chi connectivity index (χ2n) is 5.15. The minimum atomic E-state index is 0.278. The molecule has 0 aromatic carbocycles. The normalized spacial score (nSPS) is 22.9. The van der Waals surface area contributed by atoms with Gasteiger partial charge in [-0.25, -0.2) is 0 Å². The molecule has 1 aromatic rings. The molecule has 100 valence electrons. The van der Waals surface area contributed by atoms with Crippen molar-refractivity contribution in [3.63, 3.8) is 0 Å². The maximum atomic E-state index is 4.44. The number of piperidine rings is 1. The maximum Gasteiger partial charge on any atom is 0.0782 e. The summed E-state index contributed by atoms with van der Waals surface area (Å²) >= 11 is 0. The monoisotopic (exact) mass is 248 g/mol. The summed E-state index contributed by atoms with van der Waals surface area (Å²) in [7, 11) is 0. The van der Waals surface area contributed by atoms with Gasteiger partial charge in [-0.1, -0.05) is 6.92 Å². The molecule has 1 aromatic heterocycles. The first-order valence-electron chi connectivity index (χ1n) is 6.96. The number of nitrogens with one attached hydrogen (secondary N) is 1. The van der Waals surface area contributed by atoms with Gasteiger partial charge in [0, 0.05) is 31.0 Å². The van der Waals surface area contributed by atoms with Gasteiger partial charge in [-0.3, -0.25) is 9.97 Å². The fourth-order valence-corrected chi connectivity index (χ4v) is 2.75. The van der Waals surface area contributed by atoms with Crippen LogP contribution >= 0.6 is 0 Å². The van der Waals surface area contributed by atoms with Crippen LogP contribution in [0.2, 0.25) is 0 Å². The first-order chi connectivity index (χ1) is 8.70. The van der Waals surface area contributed by atoms with Crippen molar-refractivity contribution in [2.24, 2.45) is 0 Å². The van der Waals surface area contributed by atoms with Crippen LogP contribution < -0.4 is 5.32 Å². The topological polar surface area (TPSA) is 41.0 Å². The molecule has 2 unspecified atom stereocenters. The number of aromatic nitrogens is 2. The van der Waals surface area contributed by atoms with Gasteiger partial charge >= 0.3 is 0 Å². The predicted molar refractivity (Wildman–Crippen MR) is 73.5 cm³/mol. The van der Waals surface area contributed by atoms with Crippen molar-refractivity contribution in [3.05, 3.63) is 23.8 Å². The number of nitrogens with zero attached hydrogens (tertiary/aromatic N) is 3. The van der Waals surface area contributed by atoms with E-state index < -0.39 is 0 Å². The molecule has 18 heavy (non-hydrogen) atoms. The van der Waals surface area contributed by atoms with Crippen LogP contribution in [0.4, 0.5) is 0 Å². The van der Waals surface area contributed by atoms with Gasteiger partial charge in [-0.05, 0) is 39.8 Å². The molecule has 1 aliphatic heterocycles. The zero-order valence-electron chi connectivity index (χ0n) is 11.7. The molecule has 0 spiro atoms. The third-order valence-electron chi connectivity index (χ3n) is 3.77. The molecule has 4 nitrogen and oxygen atoms in total. The molecule has 0 radical (unpaired) electrons. The average Bonchev–Trinajstić information content (AvgIpc) is 2.39. The van der Waals surface area contributed by atoms with Crippen molar-refractivity contribution in [1.82, 2.24) is 20.2 Å². The highest BCUT2D eigenvalue weighted by Crippen LogP contribution is 2.16. The Hall–Kier alpha value is -1.00. The third kappa shape index (κ3) is 3.27. The van der Waals surface area contributed by atoms with Gasteiger partial charge in [-0.2, -0.15) is 0 Å². The van der Waals surface area contributed by atoms with Crippen LogP contribution in [0, 0.1) is 6.92 Å². The van der Waals surface area contributed by atoms with Crippen molar-refractivity contribution in [1.29, 1.82) is 0 Å². The van der Waals surface area contributed by atoms with E-state index in [-0.39, 0.29) is 6.04 Å². The lowest BCUT2D eigenvalue weighted by Gasteiger charge is -2.34. The molecule has 0 bridgehead atoms. The van der Waals surface area contributed by atoms with Crippen LogP contribution in [0.3, 0.4) is 0 Å². The highest BCUT2D eigenvalue weighted by Gasteiger charge is 2.21. The Balaban J connectivity index is 1.95. The molecule has 0 saturated carbocycles. The van der Waals surface area contributed by atoms with Crippen molar-refractivity contribution in [3.8, 4) is 0 Å². The lowest BCUT2D eigenvalue weighted by molar-refractivity contribution is 0.191. The molecule has 1 aliphatic rings. The van der Waals surface area contributed by atoms with Crippen molar-refractivity contribution in [2.45, 2.75) is 45.7 Å². The van der Waals surface area contributed by atoms with Crippen LogP contribution in [0.15, 0.2) is 12.4 Å². The van der Waals surface area contributed by atoms with Gasteiger partial charge in [0.2, 0.25) is 0 Å². The summed E-state index contributed by atoms with van der Waals surface area (Å²) in [6.07, 6.45) is 6.09. The standard InChI is InChI=1S/C14H24N4/c1-4-18-9-5-6-13(10-18)17-12(3)14-11(2)15-7-8-16-14/h7-8,12-13,17H,4-6,9-10H2,1-3H3. The molecule has 2 heterocycles. The van der Waals surface area contributed by atoms with Crippen LogP contribution in [0.25, 0.3) is 0 Å². The molecule has 0 amide bonds. The molecule has 2 rings (SSSR count). The lowest BCUT2D eigenvalue weighted by atomic mass is 10.0. The van der Waals surface area contributed by atoms with E-state index in [1.165, 1.54) is 19.4 Å². The minimum absolute atomic E-state index is 0.278. The Labute approximate surface area is 110 Å². The summed E-state index contributed by atoms with van der Waals surface area (Å²) in [5, 5.41) is 3.70. The molecule has 1 fully saturated rings. The van der Waals surface area contributed by atoms with E-state index in [0.717, 1.165) is 24.5 Å². The lowest BCUT2D eigenvalue weighted by Crippen LogP contribution is -2.46. The van der Waals surface area contributed by atoms with E-state index in [1.54, 1.807) is 12.4 Å². The Morgan fingerprint density at radius 2 is 2.22 bits per heavy atom. The van der Waals surface area contributed by atoms with Crippen LogP contribution in [-0.4, -0.2) is 40.5 Å². The number of rotatable bonds is 4. The van der Waals surface area contributed by atoms with Crippen LogP contribution in [-0.2, 0) is 0 Å². The molecule has 0 aliphatic carbocycles. The van der Waals surface area contributed by atoms with Crippen LogP contribution in [0.1, 0.15) is 44.1 Å². The number of hydrogen-bond donors (Lipinski definition) is 1. The quantitative estimate of drug-likeness (QED) is 0.884. The summed E-state index contributed by atoms with van der Waals surface area (Å²) in [5.41, 5.74) is 2.10. The largest absolute Gasteiger partial charge is 0.305 e.